The summed E-state index contributed by atoms with van der Waals surface area (Å²) in [5.74, 6) is 0.640. The summed E-state index contributed by atoms with van der Waals surface area (Å²) in [7, 11) is -1.78. The molecule has 0 atom stereocenters. The van der Waals surface area contributed by atoms with Crippen molar-refractivity contribution in [2.24, 2.45) is 0 Å². The smallest absolute Gasteiger partial charge is 0.282 e. The molecule has 0 aromatic heterocycles. The number of carbonyl (C=O) groups is 1. The van der Waals surface area contributed by atoms with E-state index in [2.05, 4.69) is 0 Å². The van der Waals surface area contributed by atoms with E-state index in [-0.39, 0.29) is 18.6 Å². The molecule has 1 amide bonds. The SMILES string of the molecule is Cc1cccc(C)c1OCC(=O)N1CCN(S(=O)(=O)N(C)C2CCCCC2)CC1. The molecule has 2 aliphatic rings. The Labute approximate surface area is 174 Å². The van der Waals surface area contributed by atoms with Gasteiger partial charge in [0, 0.05) is 39.3 Å². The van der Waals surface area contributed by atoms with E-state index in [1.807, 2.05) is 32.0 Å². The predicted octanol–water partition coefficient (Wildman–Crippen LogP) is 2.34. The Bertz CT molecular complexity index is 793. The summed E-state index contributed by atoms with van der Waals surface area (Å²) in [5, 5.41) is 0. The fourth-order valence-corrected chi connectivity index (χ4v) is 5.81. The van der Waals surface area contributed by atoms with Crippen LogP contribution in [0.5, 0.6) is 5.75 Å². The zero-order chi connectivity index (χ0) is 21.0. The van der Waals surface area contributed by atoms with E-state index in [1.54, 1.807) is 16.3 Å². The molecule has 1 saturated carbocycles. The molecular weight excluding hydrogens is 390 g/mol. The van der Waals surface area contributed by atoms with Gasteiger partial charge in [0.2, 0.25) is 0 Å². The van der Waals surface area contributed by atoms with Crippen molar-refractivity contribution in [1.29, 1.82) is 0 Å². The largest absolute Gasteiger partial charge is 0.483 e. The van der Waals surface area contributed by atoms with Crippen LogP contribution in [-0.4, -0.2) is 73.7 Å². The lowest BCUT2D eigenvalue weighted by atomic mass is 9.96. The Morgan fingerprint density at radius 2 is 1.66 bits per heavy atom. The summed E-state index contributed by atoms with van der Waals surface area (Å²) >= 11 is 0. The molecule has 0 radical (unpaired) electrons. The third-order valence-electron chi connectivity index (χ3n) is 6.12. The maximum Gasteiger partial charge on any atom is 0.282 e. The molecule has 2 fully saturated rings. The first-order valence-electron chi connectivity index (χ1n) is 10.5. The Morgan fingerprint density at radius 1 is 1.07 bits per heavy atom. The zero-order valence-electron chi connectivity index (χ0n) is 17.8. The van der Waals surface area contributed by atoms with Crippen molar-refractivity contribution in [3.63, 3.8) is 0 Å². The maximum absolute atomic E-state index is 13.0. The number of piperazine rings is 1. The maximum atomic E-state index is 13.0. The molecule has 1 aromatic rings. The molecule has 3 rings (SSSR count). The van der Waals surface area contributed by atoms with Gasteiger partial charge in [-0.3, -0.25) is 4.79 Å². The van der Waals surface area contributed by atoms with Crippen LogP contribution in [0.2, 0.25) is 0 Å². The fourth-order valence-electron chi connectivity index (χ4n) is 4.24. The van der Waals surface area contributed by atoms with Crippen LogP contribution in [0.25, 0.3) is 0 Å². The molecule has 8 heteroatoms. The van der Waals surface area contributed by atoms with Gasteiger partial charge in [0.25, 0.3) is 16.1 Å². The molecule has 0 N–H and O–H groups in total. The van der Waals surface area contributed by atoms with E-state index in [9.17, 15) is 13.2 Å². The van der Waals surface area contributed by atoms with Gasteiger partial charge >= 0.3 is 0 Å². The average Bonchev–Trinajstić information content (AvgIpc) is 2.73. The number of amides is 1. The summed E-state index contributed by atoms with van der Waals surface area (Å²) in [4.78, 5) is 14.2. The van der Waals surface area contributed by atoms with Crippen LogP contribution in [0.15, 0.2) is 18.2 Å². The first kappa shape index (κ1) is 22.1. The Balaban J connectivity index is 1.52. The van der Waals surface area contributed by atoms with Gasteiger partial charge in [-0.1, -0.05) is 37.5 Å². The highest BCUT2D eigenvalue weighted by molar-refractivity contribution is 7.86. The van der Waals surface area contributed by atoms with Crippen molar-refractivity contribution < 1.29 is 17.9 Å². The van der Waals surface area contributed by atoms with E-state index >= 15 is 0 Å². The Kier molecular flexibility index (Phi) is 7.19. The molecule has 1 aliphatic carbocycles. The lowest BCUT2D eigenvalue weighted by Gasteiger charge is -2.38. The third kappa shape index (κ3) is 5.10. The number of rotatable bonds is 6. The molecule has 1 heterocycles. The number of aryl methyl sites for hydroxylation is 2. The van der Waals surface area contributed by atoms with Gasteiger partial charge in [0.1, 0.15) is 5.75 Å². The molecule has 1 aromatic carbocycles. The zero-order valence-corrected chi connectivity index (χ0v) is 18.6. The highest BCUT2D eigenvalue weighted by Gasteiger charge is 2.35. The highest BCUT2D eigenvalue weighted by atomic mass is 32.2. The first-order chi connectivity index (χ1) is 13.8. The van der Waals surface area contributed by atoms with Crippen molar-refractivity contribution >= 4 is 16.1 Å². The van der Waals surface area contributed by atoms with Gasteiger partial charge < -0.3 is 9.64 Å². The van der Waals surface area contributed by atoms with Crippen LogP contribution in [0.3, 0.4) is 0 Å². The Morgan fingerprint density at radius 3 is 2.24 bits per heavy atom. The number of carbonyl (C=O) groups excluding carboxylic acids is 1. The van der Waals surface area contributed by atoms with Crippen LogP contribution in [0.1, 0.15) is 43.2 Å². The van der Waals surface area contributed by atoms with Crippen molar-refractivity contribution in [1.82, 2.24) is 13.5 Å². The molecule has 0 spiro atoms. The van der Waals surface area contributed by atoms with E-state index in [0.29, 0.717) is 26.2 Å². The molecule has 1 saturated heterocycles. The quantitative estimate of drug-likeness (QED) is 0.704. The average molecular weight is 424 g/mol. The fraction of sp³-hybridized carbons (Fsp3) is 0.667. The van der Waals surface area contributed by atoms with Gasteiger partial charge in [-0.2, -0.15) is 17.0 Å². The summed E-state index contributed by atoms with van der Waals surface area (Å²) < 4.78 is 34.8. The first-order valence-corrected chi connectivity index (χ1v) is 11.9. The molecular formula is C21H33N3O4S. The number of hydrogen-bond donors (Lipinski definition) is 0. The van der Waals surface area contributed by atoms with E-state index < -0.39 is 10.2 Å². The van der Waals surface area contributed by atoms with Crippen LogP contribution in [0, 0.1) is 13.8 Å². The molecule has 0 bridgehead atoms. The minimum Gasteiger partial charge on any atom is -0.483 e. The molecule has 0 unspecified atom stereocenters. The third-order valence-corrected chi connectivity index (χ3v) is 8.16. The van der Waals surface area contributed by atoms with Gasteiger partial charge in [-0.25, -0.2) is 0 Å². The molecule has 7 nitrogen and oxygen atoms in total. The minimum atomic E-state index is -3.48. The number of para-hydroxylation sites is 1. The second-order valence-corrected chi connectivity index (χ2v) is 10.1. The number of hydrogen-bond acceptors (Lipinski definition) is 4. The number of nitrogens with zero attached hydrogens (tertiary/aromatic N) is 3. The summed E-state index contributed by atoms with van der Waals surface area (Å²) in [6.07, 6.45) is 5.24. The summed E-state index contributed by atoms with van der Waals surface area (Å²) in [5.41, 5.74) is 2.00. The summed E-state index contributed by atoms with van der Waals surface area (Å²) in [6.45, 7) is 5.33. The number of ether oxygens (including phenoxy) is 1. The van der Waals surface area contributed by atoms with E-state index in [4.69, 9.17) is 4.74 Å². The van der Waals surface area contributed by atoms with Crippen molar-refractivity contribution in [3.05, 3.63) is 29.3 Å². The minimum absolute atomic E-state index is 0.0274. The van der Waals surface area contributed by atoms with Crippen molar-refractivity contribution in [2.75, 3.05) is 39.8 Å². The lowest BCUT2D eigenvalue weighted by Crippen LogP contribution is -2.55. The monoisotopic (exact) mass is 423 g/mol. The summed E-state index contributed by atoms with van der Waals surface area (Å²) in [6, 6.07) is 5.97. The topological polar surface area (TPSA) is 70.2 Å². The van der Waals surface area contributed by atoms with Gasteiger partial charge in [0.15, 0.2) is 6.61 Å². The lowest BCUT2D eigenvalue weighted by molar-refractivity contribution is -0.134. The molecule has 162 valence electrons. The second-order valence-electron chi connectivity index (χ2n) is 8.11. The van der Waals surface area contributed by atoms with Gasteiger partial charge in [-0.15, -0.1) is 0 Å². The van der Waals surface area contributed by atoms with Crippen LogP contribution < -0.4 is 4.74 Å². The van der Waals surface area contributed by atoms with E-state index in [0.717, 1.165) is 42.6 Å². The molecule has 1 aliphatic heterocycles. The van der Waals surface area contributed by atoms with Gasteiger partial charge in [-0.05, 0) is 37.8 Å². The highest BCUT2D eigenvalue weighted by Crippen LogP contribution is 2.25. The van der Waals surface area contributed by atoms with Crippen molar-refractivity contribution in [2.45, 2.75) is 52.0 Å². The van der Waals surface area contributed by atoms with Crippen LogP contribution in [-0.2, 0) is 15.0 Å². The molecule has 29 heavy (non-hydrogen) atoms. The number of benzene rings is 1. The van der Waals surface area contributed by atoms with Crippen LogP contribution in [0.4, 0.5) is 0 Å². The van der Waals surface area contributed by atoms with Crippen LogP contribution >= 0.6 is 0 Å². The van der Waals surface area contributed by atoms with Crippen molar-refractivity contribution in [3.8, 4) is 5.75 Å². The normalized spacial score (nSPS) is 19.5. The second kappa shape index (κ2) is 9.45. The standard InChI is InChI=1S/C21H33N3O4S/c1-17-8-7-9-18(2)21(17)28-16-20(25)23-12-14-24(15-13-23)29(26,27)22(3)19-10-5-4-6-11-19/h7-9,19H,4-6,10-16H2,1-3H3. The predicted molar refractivity (Wildman–Crippen MR) is 113 cm³/mol. The van der Waals surface area contributed by atoms with Gasteiger partial charge in [0.05, 0.1) is 0 Å². The Hall–Kier alpha value is -1.64. The van der Waals surface area contributed by atoms with E-state index in [1.165, 1.54) is 10.7 Å².